The van der Waals surface area contributed by atoms with Crippen LogP contribution >= 0.6 is 0 Å². The molecule has 1 amide bonds. The zero-order chi connectivity index (χ0) is 23.1. The molecule has 9 heteroatoms. The highest BCUT2D eigenvalue weighted by molar-refractivity contribution is 5.89. The van der Waals surface area contributed by atoms with E-state index in [-0.39, 0.29) is 18.3 Å². The van der Waals surface area contributed by atoms with E-state index in [1.165, 1.54) is 6.07 Å². The Kier molecular flexibility index (Phi) is 5.26. The van der Waals surface area contributed by atoms with Crippen molar-refractivity contribution in [1.29, 1.82) is 0 Å². The standard InChI is InChI=1S/C24H24FN7O/c1-14-17(9-26)10-27-12-20(14)19-5-15-7-22(28-11-16(15)6-21(19)25)29-23-8-18-3-4-31(2)24(33)13-32(18)30-23/h5-8,10-12H,3-4,9,13,26H2,1-2H3,(H,28,29,30). The minimum absolute atomic E-state index is 0.0327. The molecule has 168 valence electrons. The molecule has 0 fully saturated rings. The Morgan fingerprint density at radius 2 is 1.94 bits per heavy atom. The smallest absolute Gasteiger partial charge is 0.244 e. The summed E-state index contributed by atoms with van der Waals surface area (Å²) in [6, 6.07) is 7.08. The van der Waals surface area contributed by atoms with Crippen molar-refractivity contribution in [1.82, 2.24) is 24.6 Å². The van der Waals surface area contributed by atoms with Crippen LogP contribution < -0.4 is 11.1 Å². The van der Waals surface area contributed by atoms with Crippen molar-refractivity contribution in [2.45, 2.75) is 26.4 Å². The van der Waals surface area contributed by atoms with Crippen LogP contribution in [0.4, 0.5) is 16.0 Å². The SMILES string of the molecule is Cc1c(CN)cncc1-c1cc2cc(Nc3cc4n(n3)CC(=O)N(C)CC4)ncc2cc1F. The number of nitrogens with one attached hydrogen (secondary N) is 1. The van der Waals surface area contributed by atoms with E-state index in [1.54, 1.807) is 41.3 Å². The van der Waals surface area contributed by atoms with E-state index in [9.17, 15) is 9.18 Å². The van der Waals surface area contributed by atoms with Crippen molar-refractivity contribution in [3.8, 4) is 11.1 Å². The Hall–Kier alpha value is -3.85. The van der Waals surface area contributed by atoms with Gasteiger partial charge in [-0.3, -0.25) is 14.5 Å². The van der Waals surface area contributed by atoms with Gasteiger partial charge in [-0.1, -0.05) is 0 Å². The molecule has 8 nitrogen and oxygen atoms in total. The molecule has 0 aliphatic carbocycles. The number of halogens is 1. The first-order valence-electron chi connectivity index (χ1n) is 10.7. The van der Waals surface area contributed by atoms with Gasteiger partial charge in [0.1, 0.15) is 18.2 Å². The van der Waals surface area contributed by atoms with Crippen LogP contribution in [0, 0.1) is 12.7 Å². The predicted molar refractivity (Wildman–Crippen MR) is 124 cm³/mol. The number of carbonyl (C=O) groups is 1. The lowest BCUT2D eigenvalue weighted by Crippen LogP contribution is -2.29. The van der Waals surface area contributed by atoms with Crippen LogP contribution in [0.5, 0.6) is 0 Å². The Bertz CT molecular complexity index is 1380. The van der Waals surface area contributed by atoms with E-state index < -0.39 is 0 Å². The summed E-state index contributed by atoms with van der Waals surface area (Å²) in [6.45, 7) is 3.15. The van der Waals surface area contributed by atoms with E-state index in [0.29, 0.717) is 35.7 Å². The maximum atomic E-state index is 14.9. The molecule has 0 saturated carbocycles. The minimum atomic E-state index is -0.337. The number of rotatable bonds is 4. The molecule has 1 aliphatic rings. The van der Waals surface area contributed by atoms with Gasteiger partial charge in [-0.2, -0.15) is 5.10 Å². The van der Waals surface area contributed by atoms with E-state index in [0.717, 1.165) is 34.2 Å². The fraction of sp³-hybridized carbons (Fsp3) is 0.250. The van der Waals surface area contributed by atoms with Crippen molar-refractivity contribution >= 4 is 28.3 Å². The number of likely N-dealkylation sites (N-methyl/N-ethyl adjacent to an activating group) is 1. The summed E-state index contributed by atoms with van der Waals surface area (Å²) in [5.41, 5.74) is 9.77. The quantitative estimate of drug-likeness (QED) is 0.500. The zero-order valence-electron chi connectivity index (χ0n) is 18.5. The number of carbonyl (C=O) groups excluding carboxylic acids is 1. The van der Waals surface area contributed by atoms with Crippen LogP contribution in [0.25, 0.3) is 21.9 Å². The van der Waals surface area contributed by atoms with Gasteiger partial charge in [-0.15, -0.1) is 0 Å². The molecule has 5 rings (SSSR count). The highest BCUT2D eigenvalue weighted by Crippen LogP contribution is 2.31. The van der Waals surface area contributed by atoms with Crippen molar-refractivity contribution in [2.75, 3.05) is 18.9 Å². The van der Waals surface area contributed by atoms with E-state index in [4.69, 9.17) is 5.73 Å². The van der Waals surface area contributed by atoms with Crippen molar-refractivity contribution < 1.29 is 9.18 Å². The molecule has 3 aromatic heterocycles. The summed E-state index contributed by atoms with van der Waals surface area (Å²) in [6.07, 6.45) is 5.74. The van der Waals surface area contributed by atoms with E-state index in [2.05, 4.69) is 20.4 Å². The number of amides is 1. The zero-order valence-corrected chi connectivity index (χ0v) is 18.5. The molecule has 4 aromatic rings. The summed E-state index contributed by atoms with van der Waals surface area (Å²) in [5.74, 6) is 0.899. The van der Waals surface area contributed by atoms with Gasteiger partial charge in [0, 0.05) is 73.4 Å². The number of aromatic nitrogens is 4. The molecule has 4 heterocycles. The topological polar surface area (TPSA) is 102 Å². The van der Waals surface area contributed by atoms with Crippen molar-refractivity contribution in [3.63, 3.8) is 0 Å². The van der Waals surface area contributed by atoms with Gasteiger partial charge in [-0.05, 0) is 41.6 Å². The maximum absolute atomic E-state index is 14.9. The van der Waals surface area contributed by atoms with Crippen LogP contribution in [-0.2, 0) is 24.3 Å². The summed E-state index contributed by atoms with van der Waals surface area (Å²) in [4.78, 5) is 22.5. The molecule has 33 heavy (non-hydrogen) atoms. The molecule has 1 aromatic carbocycles. The fourth-order valence-corrected chi connectivity index (χ4v) is 4.13. The van der Waals surface area contributed by atoms with Crippen molar-refractivity contribution in [2.24, 2.45) is 5.73 Å². The number of benzene rings is 1. The Morgan fingerprint density at radius 3 is 2.76 bits per heavy atom. The molecular formula is C24H24FN7O. The van der Waals surface area contributed by atoms with Crippen molar-refractivity contribution in [3.05, 3.63) is 65.5 Å². The number of hydrogen-bond donors (Lipinski definition) is 2. The second-order valence-electron chi connectivity index (χ2n) is 8.29. The summed E-state index contributed by atoms with van der Waals surface area (Å²) in [5, 5.41) is 9.26. The van der Waals surface area contributed by atoms with E-state index in [1.807, 2.05) is 19.1 Å². The number of nitrogens with zero attached hydrogens (tertiary/aromatic N) is 5. The van der Waals surface area contributed by atoms with Crippen LogP contribution in [0.2, 0.25) is 0 Å². The summed E-state index contributed by atoms with van der Waals surface area (Å²) < 4.78 is 16.7. The second kappa shape index (κ2) is 8.25. The lowest BCUT2D eigenvalue weighted by Gasteiger charge is -2.12. The fourth-order valence-electron chi connectivity index (χ4n) is 4.13. The molecule has 0 unspecified atom stereocenters. The molecule has 0 radical (unpaired) electrons. The Labute approximate surface area is 190 Å². The predicted octanol–water partition coefficient (Wildman–Crippen LogP) is 3.16. The first-order valence-corrected chi connectivity index (χ1v) is 10.7. The first kappa shape index (κ1) is 21.0. The largest absolute Gasteiger partial charge is 0.344 e. The van der Waals surface area contributed by atoms with Gasteiger partial charge in [0.15, 0.2) is 5.82 Å². The molecular weight excluding hydrogens is 421 g/mol. The van der Waals surface area contributed by atoms with Gasteiger partial charge in [0.25, 0.3) is 0 Å². The second-order valence-corrected chi connectivity index (χ2v) is 8.29. The molecule has 0 saturated heterocycles. The molecule has 0 atom stereocenters. The lowest BCUT2D eigenvalue weighted by molar-refractivity contribution is -0.130. The lowest BCUT2D eigenvalue weighted by atomic mass is 9.97. The molecule has 0 bridgehead atoms. The average molecular weight is 446 g/mol. The number of fused-ring (bicyclic) bond motifs is 2. The Morgan fingerprint density at radius 1 is 1.09 bits per heavy atom. The molecule has 1 aliphatic heterocycles. The maximum Gasteiger partial charge on any atom is 0.244 e. The average Bonchev–Trinajstić information content (AvgIpc) is 3.12. The Balaban J connectivity index is 1.48. The highest BCUT2D eigenvalue weighted by Gasteiger charge is 2.19. The van der Waals surface area contributed by atoms with Crippen LogP contribution in [0.3, 0.4) is 0 Å². The van der Waals surface area contributed by atoms with Gasteiger partial charge in [-0.25, -0.2) is 9.37 Å². The van der Waals surface area contributed by atoms with Crippen LogP contribution in [0.15, 0.2) is 42.9 Å². The normalized spacial score (nSPS) is 13.8. The monoisotopic (exact) mass is 445 g/mol. The number of hydrogen-bond acceptors (Lipinski definition) is 6. The first-order chi connectivity index (χ1) is 15.9. The van der Waals surface area contributed by atoms with Gasteiger partial charge in [0.2, 0.25) is 5.91 Å². The minimum Gasteiger partial charge on any atom is -0.344 e. The summed E-state index contributed by atoms with van der Waals surface area (Å²) >= 11 is 0. The molecule has 0 spiro atoms. The number of pyridine rings is 2. The van der Waals surface area contributed by atoms with Gasteiger partial charge in [0.05, 0.1) is 0 Å². The highest BCUT2D eigenvalue weighted by atomic mass is 19.1. The summed E-state index contributed by atoms with van der Waals surface area (Å²) in [7, 11) is 1.80. The molecule has 3 N–H and O–H groups in total. The van der Waals surface area contributed by atoms with Gasteiger partial charge < -0.3 is 16.0 Å². The number of anilines is 2. The third-order valence-electron chi connectivity index (χ3n) is 6.17. The van der Waals surface area contributed by atoms with Crippen LogP contribution in [0.1, 0.15) is 16.8 Å². The third-order valence-corrected chi connectivity index (χ3v) is 6.17. The number of nitrogens with two attached hydrogens (primary N) is 1. The van der Waals surface area contributed by atoms with Gasteiger partial charge >= 0.3 is 0 Å². The third kappa shape index (κ3) is 3.91. The van der Waals surface area contributed by atoms with Crippen LogP contribution in [-0.4, -0.2) is 44.1 Å². The van der Waals surface area contributed by atoms with E-state index >= 15 is 0 Å².